The quantitative estimate of drug-likeness (QED) is 0.595. The lowest BCUT2D eigenvalue weighted by molar-refractivity contribution is -0.147. The lowest BCUT2D eigenvalue weighted by Gasteiger charge is -2.16. The number of hydrogen-bond donors (Lipinski definition) is 0. The Kier molecular flexibility index (Phi) is 5.59. The van der Waals surface area contributed by atoms with E-state index < -0.39 is 19.9 Å². The van der Waals surface area contributed by atoms with Gasteiger partial charge in [0, 0.05) is 20.2 Å². The molecule has 1 aromatic rings. The van der Waals surface area contributed by atoms with Crippen molar-refractivity contribution in [2.45, 2.75) is 51.9 Å². The van der Waals surface area contributed by atoms with Crippen molar-refractivity contribution in [3.63, 3.8) is 0 Å². The maximum Gasteiger partial charge on any atom is 0.433 e. The van der Waals surface area contributed by atoms with Crippen LogP contribution in [0.3, 0.4) is 0 Å². The van der Waals surface area contributed by atoms with Crippen LogP contribution >= 0.6 is 0 Å². The van der Waals surface area contributed by atoms with Crippen molar-refractivity contribution < 1.29 is 17.9 Å². The van der Waals surface area contributed by atoms with Gasteiger partial charge in [-0.3, -0.25) is 0 Å². The molecule has 0 unspecified atom stereocenters. The fraction of sp³-hybridized carbons (Fsp3) is 0.692. The Morgan fingerprint density at radius 1 is 1.33 bits per heavy atom. The molecule has 118 valence electrons. The van der Waals surface area contributed by atoms with E-state index in [4.69, 9.17) is 10.00 Å². The molecule has 0 fully saturated rings. The number of nitrogens with zero attached hydrogens (tertiary/aromatic N) is 3. The van der Waals surface area contributed by atoms with Crippen LogP contribution in [0.1, 0.15) is 17.0 Å². The second-order valence-corrected chi connectivity index (χ2v) is 11.7. The van der Waals surface area contributed by atoms with E-state index in [1.165, 1.54) is 6.92 Å². The third-order valence-electron chi connectivity index (χ3n) is 2.99. The Balaban J connectivity index is 2.88. The van der Waals surface area contributed by atoms with Crippen molar-refractivity contribution in [1.82, 2.24) is 9.78 Å². The third kappa shape index (κ3) is 5.17. The average Bonchev–Trinajstić information content (AvgIpc) is 2.61. The molecule has 0 radical (unpaired) electrons. The van der Waals surface area contributed by atoms with Gasteiger partial charge < -0.3 is 4.74 Å². The molecule has 1 aromatic heterocycles. The Labute approximate surface area is 123 Å². The van der Waals surface area contributed by atoms with E-state index >= 15 is 0 Å². The predicted octanol–water partition coefficient (Wildman–Crippen LogP) is 3.59. The number of halogens is 3. The molecule has 21 heavy (non-hydrogen) atoms. The van der Waals surface area contributed by atoms with Crippen molar-refractivity contribution in [3.8, 4) is 6.07 Å². The van der Waals surface area contributed by atoms with E-state index in [0.717, 1.165) is 10.7 Å². The first kappa shape index (κ1) is 17.7. The highest BCUT2D eigenvalue weighted by molar-refractivity contribution is 6.76. The number of nitriles is 1. The van der Waals surface area contributed by atoms with E-state index in [1.54, 1.807) is 6.07 Å². The van der Waals surface area contributed by atoms with Crippen LogP contribution in [-0.2, 0) is 24.1 Å². The van der Waals surface area contributed by atoms with E-state index in [-0.39, 0.29) is 24.4 Å². The molecule has 0 aliphatic heterocycles. The van der Waals surface area contributed by atoms with Crippen LogP contribution in [0.4, 0.5) is 13.2 Å². The van der Waals surface area contributed by atoms with E-state index in [2.05, 4.69) is 24.7 Å². The lowest BCUT2D eigenvalue weighted by Crippen LogP contribution is -2.23. The first-order chi connectivity index (χ1) is 9.56. The summed E-state index contributed by atoms with van der Waals surface area (Å²) < 4.78 is 45.5. The van der Waals surface area contributed by atoms with Crippen molar-refractivity contribution in [3.05, 3.63) is 17.0 Å². The van der Waals surface area contributed by atoms with Crippen molar-refractivity contribution >= 4 is 8.07 Å². The highest BCUT2D eigenvalue weighted by Gasteiger charge is 2.39. The van der Waals surface area contributed by atoms with Crippen molar-refractivity contribution in [2.75, 3.05) is 6.61 Å². The molecular weight excluding hydrogens is 299 g/mol. The summed E-state index contributed by atoms with van der Waals surface area (Å²) in [6.07, 6.45) is -4.86. The summed E-state index contributed by atoms with van der Waals surface area (Å²) >= 11 is 0. The van der Waals surface area contributed by atoms with Crippen LogP contribution < -0.4 is 0 Å². The molecule has 0 saturated heterocycles. The second kappa shape index (κ2) is 6.62. The van der Waals surface area contributed by atoms with Gasteiger partial charge in [-0.1, -0.05) is 19.6 Å². The molecule has 8 heteroatoms. The molecule has 1 rings (SSSR count). The molecular formula is C13H20F3N3OSi. The molecule has 0 aliphatic carbocycles. The van der Waals surface area contributed by atoms with Gasteiger partial charge in [-0.05, 0) is 13.0 Å². The molecule has 0 amide bonds. The van der Waals surface area contributed by atoms with Gasteiger partial charge in [0.1, 0.15) is 12.4 Å². The van der Waals surface area contributed by atoms with Crippen LogP contribution in [-0.4, -0.2) is 24.5 Å². The van der Waals surface area contributed by atoms with Crippen LogP contribution in [0.2, 0.25) is 25.7 Å². The van der Waals surface area contributed by atoms with Gasteiger partial charge in [0.05, 0.1) is 18.2 Å². The number of rotatable bonds is 6. The summed E-state index contributed by atoms with van der Waals surface area (Å²) in [7, 11) is -1.28. The topological polar surface area (TPSA) is 50.8 Å². The summed E-state index contributed by atoms with van der Waals surface area (Å²) in [5.41, 5.74) is -0.731. The van der Waals surface area contributed by atoms with Gasteiger partial charge in [0.2, 0.25) is 0 Å². The van der Waals surface area contributed by atoms with Crippen LogP contribution in [0.15, 0.2) is 0 Å². The zero-order valence-corrected chi connectivity index (χ0v) is 13.7. The minimum absolute atomic E-state index is 0.0706. The molecule has 4 nitrogen and oxygen atoms in total. The molecule has 0 aliphatic rings. The first-order valence-electron chi connectivity index (χ1n) is 6.64. The van der Waals surface area contributed by atoms with Crippen molar-refractivity contribution in [1.29, 1.82) is 5.26 Å². The zero-order chi connectivity index (χ0) is 16.3. The Bertz CT molecular complexity index is 526. The molecule has 0 saturated carbocycles. The Morgan fingerprint density at radius 2 is 1.95 bits per heavy atom. The summed E-state index contributed by atoms with van der Waals surface area (Å²) in [4.78, 5) is 0. The zero-order valence-electron chi connectivity index (χ0n) is 12.7. The summed E-state index contributed by atoms with van der Waals surface area (Å²) in [5, 5.41) is 12.5. The second-order valence-electron chi connectivity index (χ2n) is 6.09. The van der Waals surface area contributed by atoms with E-state index in [0.29, 0.717) is 6.61 Å². The number of hydrogen-bond acceptors (Lipinski definition) is 3. The van der Waals surface area contributed by atoms with Gasteiger partial charge in [-0.2, -0.15) is 23.5 Å². The SMILES string of the molecule is Cc1nn(COCC[Si](C)(C)C)c(C(F)(F)F)c1CC#N. The predicted molar refractivity (Wildman–Crippen MR) is 75.4 cm³/mol. The molecule has 0 aromatic carbocycles. The fourth-order valence-corrected chi connectivity index (χ4v) is 2.61. The molecule has 1 heterocycles. The summed E-state index contributed by atoms with van der Waals surface area (Å²) in [6, 6.07) is 2.62. The monoisotopic (exact) mass is 319 g/mol. The summed E-state index contributed by atoms with van der Waals surface area (Å²) in [5.74, 6) is 0. The molecule has 0 atom stereocenters. The molecule has 0 N–H and O–H groups in total. The van der Waals surface area contributed by atoms with Crippen LogP contribution in [0.25, 0.3) is 0 Å². The summed E-state index contributed by atoms with van der Waals surface area (Å²) in [6.45, 7) is 8.15. The maximum absolute atomic E-state index is 13.1. The third-order valence-corrected chi connectivity index (χ3v) is 4.69. The Hall–Kier alpha value is -1.33. The fourth-order valence-electron chi connectivity index (χ4n) is 1.85. The standard InChI is InChI=1S/C13H20F3N3OSi/c1-10-11(5-6-17)12(13(14,15)16)19(18-10)9-20-7-8-21(2,3)4/h5,7-9H2,1-4H3. The van der Waals surface area contributed by atoms with Gasteiger partial charge in [0.15, 0.2) is 0 Å². The number of alkyl halides is 3. The van der Waals surface area contributed by atoms with Gasteiger partial charge >= 0.3 is 6.18 Å². The highest BCUT2D eigenvalue weighted by Crippen LogP contribution is 2.33. The Morgan fingerprint density at radius 3 is 2.43 bits per heavy atom. The average molecular weight is 319 g/mol. The smallest absolute Gasteiger partial charge is 0.360 e. The molecule has 0 bridgehead atoms. The number of ether oxygens (including phenoxy) is 1. The normalized spacial score (nSPS) is 12.5. The molecule has 0 spiro atoms. The minimum atomic E-state index is -4.55. The van der Waals surface area contributed by atoms with Gasteiger partial charge in [0.25, 0.3) is 0 Å². The van der Waals surface area contributed by atoms with Gasteiger partial charge in [-0.25, -0.2) is 4.68 Å². The highest BCUT2D eigenvalue weighted by atomic mass is 28.3. The van der Waals surface area contributed by atoms with E-state index in [1.807, 2.05) is 0 Å². The number of aromatic nitrogens is 2. The van der Waals surface area contributed by atoms with Crippen LogP contribution in [0, 0.1) is 18.3 Å². The first-order valence-corrected chi connectivity index (χ1v) is 10.3. The number of aryl methyl sites for hydroxylation is 1. The largest absolute Gasteiger partial charge is 0.433 e. The van der Waals surface area contributed by atoms with E-state index in [9.17, 15) is 13.2 Å². The van der Waals surface area contributed by atoms with Crippen LogP contribution in [0.5, 0.6) is 0 Å². The lowest BCUT2D eigenvalue weighted by atomic mass is 10.1. The minimum Gasteiger partial charge on any atom is -0.360 e. The van der Waals surface area contributed by atoms with Gasteiger partial charge in [-0.15, -0.1) is 0 Å². The van der Waals surface area contributed by atoms with Crippen molar-refractivity contribution in [2.24, 2.45) is 0 Å². The maximum atomic E-state index is 13.1.